The van der Waals surface area contributed by atoms with Gasteiger partial charge in [0.05, 0.1) is 10.6 Å². The van der Waals surface area contributed by atoms with Crippen LogP contribution in [0.4, 0.5) is 14.5 Å². The molecule has 0 spiro atoms. The molecule has 2 rings (SSSR count). The maximum atomic E-state index is 13.6. The molecule has 2 aromatic carbocycles. The predicted molar refractivity (Wildman–Crippen MR) is 73.2 cm³/mol. The highest BCUT2D eigenvalue weighted by Crippen LogP contribution is 2.20. The average molecular weight is 297 g/mol. The molecule has 0 aromatic heterocycles. The van der Waals surface area contributed by atoms with Gasteiger partial charge >= 0.3 is 0 Å². The average Bonchev–Trinajstić information content (AvgIpc) is 2.38. The molecule has 1 N–H and O–H groups in total. The first-order valence-electron chi connectivity index (χ1n) is 5.85. The Morgan fingerprint density at radius 1 is 1.05 bits per heavy atom. The van der Waals surface area contributed by atoms with Crippen molar-refractivity contribution in [3.8, 4) is 0 Å². The van der Waals surface area contributed by atoms with Crippen LogP contribution in [0.1, 0.15) is 5.56 Å². The van der Waals surface area contributed by atoms with E-state index < -0.39 is 21.5 Å². The van der Waals surface area contributed by atoms with Gasteiger partial charge in [-0.2, -0.15) is 0 Å². The zero-order chi connectivity index (χ0) is 14.8. The van der Waals surface area contributed by atoms with Crippen LogP contribution in [0, 0.1) is 11.6 Å². The molecule has 2 aromatic rings. The second-order valence-electron chi connectivity index (χ2n) is 4.36. The summed E-state index contributed by atoms with van der Waals surface area (Å²) >= 11 is 0. The Morgan fingerprint density at radius 2 is 1.75 bits per heavy atom. The molecule has 6 heteroatoms. The van der Waals surface area contributed by atoms with E-state index in [-0.39, 0.29) is 17.1 Å². The fourth-order valence-electron chi connectivity index (χ4n) is 1.70. The van der Waals surface area contributed by atoms with Gasteiger partial charge in [-0.3, -0.25) is 0 Å². The number of benzene rings is 2. The Balaban J connectivity index is 2.24. The van der Waals surface area contributed by atoms with Gasteiger partial charge in [-0.05, 0) is 24.3 Å². The number of nitrogens with one attached hydrogen (secondary N) is 1. The lowest BCUT2D eigenvalue weighted by molar-refractivity contribution is 0.600. The van der Waals surface area contributed by atoms with Gasteiger partial charge < -0.3 is 5.32 Å². The largest absolute Gasteiger partial charge is 0.378 e. The van der Waals surface area contributed by atoms with E-state index in [1.165, 1.54) is 18.2 Å². The second kappa shape index (κ2) is 5.58. The molecule has 0 saturated heterocycles. The number of anilines is 1. The third kappa shape index (κ3) is 3.33. The maximum Gasteiger partial charge on any atom is 0.175 e. The van der Waals surface area contributed by atoms with Gasteiger partial charge in [-0.1, -0.05) is 18.2 Å². The summed E-state index contributed by atoms with van der Waals surface area (Å²) in [6.07, 6.45) is 1.04. The third-order valence-electron chi connectivity index (χ3n) is 2.79. The molecule has 0 aliphatic carbocycles. The number of rotatable bonds is 4. The summed E-state index contributed by atoms with van der Waals surface area (Å²) in [4.78, 5) is 0.00920. The van der Waals surface area contributed by atoms with Crippen molar-refractivity contribution < 1.29 is 17.2 Å². The molecule has 0 radical (unpaired) electrons. The van der Waals surface area contributed by atoms with E-state index in [4.69, 9.17) is 0 Å². The molecule has 0 atom stereocenters. The van der Waals surface area contributed by atoms with Crippen molar-refractivity contribution in [2.75, 3.05) is 11.6 Å². The van der Waals surface area contributed by atoms with E-state index in [1.54, 1.807) is 18.2 Å². The molecule has 106 valence electrons. The second-order valence-corrected chi connectivity index (χ2v) is 6.37. The van der Waals surface area contributed by atoms with Gasteiger partial charge in [0.15, 0.2) is 9.84 Å². The van der Waals surface area contributed by atoms with Crippen LogP contribution in [0.5, 0.6) is 0 Å². The van der Waals surface area contributed by atoms with Crippen LogP contribution >= 0.6 is 0 Å². The lowest BCUT2D eigenvalue weighted by Crippen LogP contribution is -2.05. The van der Waals surface area contributed by atoms with Crippen molar-refractivity contribution >= 4 is 15.5 Å². The minimum atomic E-state index is -3.41. The van der Waals surface area contributed by atoms with Gasteiger partial charge in [-0.25, -0.2) is 17.2 Å². The quantitative estimate of drug-likeness (QED) is 0.883. The van der Waals surface area contributed by atoms with Crippen LogP contribution in [0.15, 0.2) is 47.4 Å². The van der Waals surface area contributed by atoms with E-state index in [2.05, 4.69) is 5.32 Å². The molecule has 0 unspecified atom stereocenters. The van der Waals surface area contributed by atoms with Crippen LogP contribution in [-0.2, 0) is 16.4 Å². The van der Waals surface area contributed by atoms with Crippen molar-refractivity contribution in [3.05, 3.63) is 59.7 Å². The van der Waals surface area contributed by atoms with Crippen molar-refractivity contribution in [2.45, 2.75) is 11.4 Å². The van der Waals surface area contributed by atoms with Crippen molar-refractivity contribution in [2.24, 2.45) is 0 Å². The normalized spacial score (nSPS) is 11.3. The summed E-state index contributed by atoms with van der Waals surface area (Å²) in [5.41, 5.74) is 0.396. The highest BCUT2D eigenvalue weighted by atomic mass is 32.2. The summed E-state index contributed by atoms with van der Waals surface area (Å²) in [6, 6.07) is 9.57. The summed E-state index contributed by atoms with van der Waals surface area (Å²) in [7, 11) is -3.41. The molecule has 0 aliphatic heterocycles. The summed E-state index contributed by atoms with van der Waals surface area (Å²) in [5, 5.41) is 2.70. The van der Waals surface area contributed by atoms with E-state index in [9.17, 15) is 17.2 Å². The van der Waals surface area contributed by atoms with Crippen LogP contribution < -0.4 is 5.32 Å². The van der Waals surface area contributed by atoms with Crippen molar-refractivity contribution in [3.63, 3.8) is 0 Å². The van der Waals surface area contributed by atoms with Crippen molar-refractivity contribution in [1.29, 1.82) is 0 Å². The van der Waals surface area contributed by atoms with E-state index in [0.29, 0.717) is 5.56 Å². The van der Waals surface area contributed by atoms with Gasteiger partial charge in [0.25, 0.3) is 0 Å². The Labute approximate surface area is 116 Å². The van der Waals surface area contributed by atoms with Crippen LogP contribution in [0.3, 0.4) is 0 Å². The standard InChI is InChI=1S/C14H13F2NO2S/c1-20(18,19)11-6-7-13(16)14(8-11)17-9-10-4-2-3-5-12(10)15/h2-8,17H,9H2,1H3. The summed E-state index contributed by atoms with van der Waals surface area (Å²) < 4.78 is 49.9. The molecule has 0 heterocycles. The molecular weight excluding hydrogens is 284 g/mol. The van der Waals surface area contributed by atoms with Crippen LogP contribution in [-0.4, -0.2) is 14.7 Å². The lowest BCUT2D eigenvalue weighted by atomic mass is 10.2. The SMILES string of the molecule is CS(=O)(=O)c1ccc(F)c(NCc2ccccc2F)c1. The molecule has 3 nitrogen and oxygen atoms in total. The minimum Gasteiger partial charge on any atom is -0.378 e. The number of sulfone groups is 1. The summed E-state index contributed by atoms with van der Waals surface area (Å²) in [6.45, 7) is 0.0663. The molecule has 0 fully saturated rings. The molecule has 0 amide bonds. The van der Waals surface area contributed by atoms with Gasteiger partial charge in [0, 0.05) is 18.4 Å². The Hall–Kier alpha value is -1.95. The van der Waals surface area contributed by atoms with Crippen molar-refractivity contribution in [1.82, 2.24) is 0 Å². The number of halogens is 2. The monoisotopic (exact) mass is 297 g/mol. The molecule has 20 heavy (non-hydrogen) atoms. The van der Waals surface area contributed by atoms with Gasteiger partial charge in [0.2, 0.25) is 0 Å². The Kier molecular flexibility index (Phi) is 4.04. The zero-order valence-electron chi connectivity index (χ0n) is 10.7. The van der Waals surface area contributed by atoms with Crippen LogP contribution in [0.2, 0.25) is 0 Å². The fourth-order valence-corrected chi connectivity index (χ4v) is 2.35. The van der Waals surface area contributed by atoms with Crippen LogP contribution in [0.25, 0.3) is 0 Å². The number of hydrogen-bond acceptors (Lipinski definition) is 3. The molecular formula is C14H13F2NO2S. The zero-order valence-corrected chi connectivity index (χ0v) is 11.5. The molecule has 0 saturated carbocycles. The number of hydrogen-bond donors (Lipinski definition) is 1. The maximum absolute atomic E-state index is 13.6. The Morgan fingerprint density at radius 3 is 2.40 bits per heavy atom. The Bertz CT molecular complexity index is 730. The predicted octanol–water partition coefficient (Wildman–Crippen LogP) is 2.98. The first kappa shape index (κ1) is 14.5. The fraction of sp³-hybridized carbons (Fsp3) is 0.143. The molecule has 0 aliphatic rings. The minimum absolute atomic E-state index is 0.00920. The topological polar surface area (TPSA) is 46.2 Å². The summed E-state index contributed by atoms with van der Waals surface area (Å²) in [5.74, 6) is -0.992. The lowest BCUT2D eigenvalue weighted by Gasteiger charge is -2.09. The van der Waals surface area contributed by atoms with E-state index in [1.807, 2.05) is 0 Å². The smallest absolute Gasteiger partial charge is 0.175 e. The van der Waals surface area contributed by atoms with E-state index in [0.717, 1.165) is 12.3 Å². The highest BCUT2D eigenvalue weighted by molar-refractivity contribution is 7.90. The molecule has 0 bridgehead atoms. The first-order valence-corrected chi connectivity index (χ1v) is 7.74. The van der Waals surface area contributed by atoms with Gasteiger partial charge in [0.1, 0.15) is 11.6 Å². The van der Waals surface area contributed by atoms with E-state index >= 15 is 0 Å². The van der Waals surface area contributed by atoms with Gasteiger partial charge in [-0.15, -0.1) is 0 Å². The third-order valence-corrected chi connectivity index (χ3v) is 3.90. The first-order chi connectivity index (χ1) is 9.38. The highest BCUT2D eigenvalue weighted by Gasteiger charge is 2.11.